The van der Waals surface area contributed by atoms with E-state index in [0.717, 1.165) is 6.42 Å². The second-order valence-corrected chi connectivity index (χ2v) is 4.72. The summed E-state index contributed by atoms with van der Waals surface area (Å²) in [4.78, 5) is 23.2. The molecule has 0 aliphatic heterocycles. The molecule has 1 rings (SSSR count). The number of nitrogens with one attached hydrogen (secondary N) is 1. The van der Waals surface area contributed by atoms with Crippen molar-refractivity contribution in [3.8, 4) is 17.2 Å². The van der Waals surface area contributed by atoms with Crippen molar-refractivity contribution in [3.05, 3.63) is 17.7 Å². The van der Waals surface area contributed by atoms with E-state index in [4.69, 9.17) is 18.9 Å². The molecule has 0 aromatic heterocycles. The number of carbonyl (C=O) groups is 2. The number of rotatable bonds is 9. The highest BCUT2D eigenvalue weighted by Crippen LogP contribution is 2.38. The minimum Gasteiger partial charge on any atom is -0.493 e. The SMILES string of the molecule is CCCNC(=O)COC(=O)Cc1cc(OC)c(OC)c(OC)c1. The maximum absolute atomic E-state index is 11.8. The summed E-state index contributed by atoms with van der Waals surface area (Å²) in [6, 6.07) is 3.33. The molecule has 0 unspecified atom stereocenters. The summed E-state index contributed by atoms with van der Waals surface area (Å²) in [7, 11) is 4.50. The summed E-state index contributed by atoms with van der Waals surface area (Å²) < 4.78 is 20.6. The molecule has 0 saturated carbocycles. The van der Waals surface area contributed by atoms with Gasteiger partial charge in [0.2, 0.25) is 5.75 Å². The molecule has 0 aliphatic carbocycles. The van der Waals surface area contributed by atoms with Gasteiger partial charge < -0.3 is 24.3 Å². The van der Waals surface area contributed by atoms with Crippen LogP contribution in [0.15, 0.2) is 12.1 Å². The van der Waals surface area contributed by atoms with E-state index in [9.17, 15) is 9.59 Å². The Morgan fingerprint density at radius 3 is 2.13 bits per heavy atom. The average molecular weight is 325 g/mol. The Balaban J connectivity index is 2.69. The Bertz CT molecular complexity index is 518. The van der Waals surface area contributed by atoms with Crippen LogP contribution in [-0.2, 0) is 20.7 Å². The normalized spacial score (nSPS) is 9.91. The molecule has 7 nitrogen and oxygen atoms in total. The van der Waals surface area contributed by atoms with Gasteiger partial charge in [0.05, 0.1) is 27.8 Å². The van der Waals surface area contributed by atoms with Crippen molar-refractivity contribution in [1.29, 1.82) is 0 Å². The third kappa shape index (κ3) is 5.69. The van der Waals surface area contributed by atoms with E-state index >= 15 is 0 Å². The number of ether oxygens (including phenoxy) is 4. The smallest absolute Gasteiger partial charge is 0.310 e. The fraction of sp³-hybridized carbons (Fsp3) is 0.500. The van der Waals surface area contributed by atoms with E-state index in [-0.39, 0.29) is 18.9 Å². The Kier molecular flexibility index (Phi) is 7.73. The molecular weight excluding hydrogens is 302 g/mol. The van der Waals surface area contributed by atoms with Gasteiger partial charge in [-0.25, -0.2) is 0 Å². The molecule has 128 valence electrons. The van der Waals surface area contributed by atoms with Crippen molar-refractivity contribution in [1.82, 2.24) is 5.32 Å². The third-order valence-electron chi connectivity index (χ3n) is 3.01. The molecule has 7 heteroatoms. The summed E-state index contributed by atoms with van der Waals surface area (Å²) in [5.74, 6) is 0.535. The van der Waals surface area contributed by atoms with E-state index in [2.05, 4.69) is 5.32 Å². The Hall–Kier alpha value is -2.44. The number of hydrogen-bond donors (Lipinski definition) is 1. The van der Waals surface area contributed by atoms with Gasteiger partial charge in [0.15, 0.2) is 18.1 Å². The van der Waals surface area contributed by atoms with Gasteiger partial charge in [0.1, 0.15) is 0 Å². The molecule has 0 radical (unpaired) electrons. The van der Waals surface area contributed by atoms with Gasteiger partial charge in [-0.3, -0.25) is 9.59 Å². The molecule has 0 spiro atoms. The average Bonchev–Trinajstić information content (AvgIpc) is 2.56. The van der Waals surface area contributed by atoms with Crippen LogP contribution in [0.2, 0.25) is 0 Å². The zero-order chi connectivity index (χ0) is 17.2. The molecule has 0 heterocycles. The Morgan fingerprint density at radius 2 is 1.65 bits per heavy atom. The number of hydrogen-bond acceptors (Lipinski definition) is 6. The predicted octanol–water partition coefficient (Wildman–Crippen LogP) is 1.32. The van der Waals surface area contributed by atoms with Crippen molar-refractivity contribution >= 4 is 11.9 Å². The lowest BCUT2D eigenvalue weighted by Gasteiger charge is -2.14. The molecular formula is C16H23NO6. The van der Waals surface area contributed by atoms with Gasteiger partial charge in [-0.05, 0) is 24.1 Å². The lowest BCUT2D eigenvalue weighted by Crippen LogP contribution is -2.29. The lowest BCUT2D eigenvalue weighted by atomic mass is 10.1. The van der Waals surface area contributed by atoms with Crippen LogP contribution in [-0.4, -0.2) is 46.4 Å². The highest BCUT2D eigenvalue weighted by atomic mass is 16.5. The van der Waals surface area contributed by atoms with Crippen LogP contribution in [0.4, 0.5) is 0 Å². The van der Waals surface area contributed by atoms with Crippen LogP contribution < -0.4 is 19.5 Å². The first-order valence-corrected chi connectivity index (χ1v) is 7.26. The number of amides is 1. The molecule has 1 N–H and O–H groups in total. The third-order valence-corrected chi connectivity index (χ3v) is 3.01. The topological polar surface area (TPSA) is 83.1 Å². The van der Waals surface area contributed by atoms with Crippen LogP contribution in [0, 0.1) is 0 Å². The standard InChI is InChI=1S/C16H23NO6/c1-5-6-17-14(18)10-23-15(19)9-11-7-12(20-2)16(22-4)13(8-11)21-3/h7-8H,5-6,9-10H2,1-4H3,(H,17,18). The zero-order valence-electron chi connectivity index (χ0n) is 13.9. The van der Waals surface area contributed by atoms with E-state index in [0.29, 0.717) is 29.4 Å². The second-order valence-electron chi connectivity index (χ2n) is 4.72. The second kappa shape index (κ2) is 9.55. The van der Waals surface area contributed by atoms with Gasteiger partial charge in [0.25, 0.3) is 5.91 Å². The number of carbonyl (C=O) groups excluding carboxylic acids is 2. The van der Waals surface area contributed by atoms with Gasteiger partial charge in [-0.15, -0.1) is 0 Å². The fourth-order valence-electron chi connectivity index (χ4n) is 1.92. The zero-order valence-corrected chi connectivity index (χ0v) is 13.9. The van der Waals surface area contributed by atoms with Crippen molar-refractivity contribution in [2.24, 2.45) is 0 Å². The molecule has 1 amide bonds. The molecule has 0 bridgehead atoms. The van der Waals surface area contributed by atoms with E-state index < -0.39 is 5.97 Å². The van der Waals surface area contributed by atoms with Crippen LogP contribution in [0.1, 0.15) is 18.9 Å². The first-order chi connectivity index (χ1) is 11.0. The summed E-state index contributed by atoms with van der Waals surface area (Å²) in [5, 5.41) is 2.63. The highest BCUT2D eigenvalue weighted by Gasteiger charge is 2.16. The Morgan fingerprint density at radius 1 is 1.04 bits per heavy atom. The van der Waals surface area contributed by atoms with Crippen LogP contribution in [0.5, 0.6) is 17.2 Å². The summed E-state index contributed by atoms with van der Waals surface area (Å²) in [6.07, 6.45) is 0.822. The predicted molar refractivity (Wildman–Crippen MR) is 84.1 cm³/mol. The maximum Gasteiger partial charge on any atom is 0.310 e. The van der Waals surface area contributed by atoms with E-state index in [1.54, 1.807) is 12.1 Å². The lowest BCUT2D eigenvalue weighted by molar-refractivity contribution is -0.147. The Labute approximate surface area is 135 Å². The fourth-order valence-corrected chi connectivity index (χ4v) is 1.92. The van der Waals surface area contributed by atoms with Crippen LogP contribution in [0.25, 0.3) is 0 Å². The molecule has 0 atom stereocenters. The highest BCUT2D eigenvalue weighted by molar-refractivity contribution is 5.81. The van der Waals surface area contributed by atoms with Gasteiger partial charge in [-0.2, -0.15) is 0 Å². The van der Waals surface area contributed by atoms with Crippen LogP contribution in [0.3, 0.4) is 0 Å². The number of benzene rings is 1. The number of methoxy groups -OCH3 is 3. The monoisotopic (exact) mass is 325 g/mol. The summed E-state index contributed by atoms with van der Waals surface area (Å²) in [5.41, 5.74) is 0.637. The first-order valence-electron chi connectivity index (χ1n) is 7.26. The van der Waals surface area contributed by atoms with Gasteiger partial charge in [0, 0.05) is 6.54 Å². The molecule has 23 heavy (non-hydrogen) atoms. The van der Waals surface area contributed by atoms with E-state index in [1.165, 1.54) is 21.3 Å². The quantitative estimate of drug-likeness (QED) is 0.690. The first kappa shape index (κ1) is 18.6. The van der Waals surface area contributed by atoms with Crippen molar-refractivity contribution in [2.75, 3.05) is 34.5 Å². The van der Waals surface area contributed by atoms with Crippen molar-refractivity contribution in [3.63, 3.8) is 0 Å². The molecule has 1 aromatic carbocycles. The van der Waals surface area contributed by atoms with Gasteiger partial charge in [-0.1, -0.05) is 6.92 Å². The minimum atomic E-state index is -0.508. The summed E-state index contributed by atoms with van der Waals surface area (Å²) >= 11 is 0. The van der Waals surface area contributed by atoms with Crippen molar-refractivity contribution in [2.45, 2.75) is 19.8 Å². The summed E-state index contributed by atoms with van der Waals surface area (Å²) in [6.45, 7) is 2.21. The largest absolute Gasteiger partial charge is 0.493 e. The van der Waals surface area contributed by atoms with Crippen LogP contribution >= 0.6 is 0 Å². The number of esters is 1. The van der Waals surface area contributed by atoms with Crippen molar-refractivity contribution < 1.29 is 28.5 Å². The minimum absolute atomic E-state index is 0.00221. The van der Waals surface area contributed by atoms with Gasteiger partial charge >= 0.3 is 5.97 Å². The molecule has 1 aromatic rings. The molecule has 0 saturated heterocycles. The molecule has 0 fully saturated rings. The van der Waals surface area contributed by atoms with E-state index in [1.807, 2.05) is 6.92 Å². The maximum atomic E-state index is 11.8. The molecule has 0 aliphatic rings.